The fourth-order valence-corrected chi connectivity index (χ4v) is 1.99. The topological polar surface area (TPSA) is 56.0 Å². The maximum absolute atomic E-state index is 11.8. The van der Waals surface area contributed by atoms with Crippen LogP contribution in [0.2, 0.25) is 5.02 Å². The lowest BCUT2D eigenvalue weighted by Crippen LogP contribution is -2.37. The standard InChI is InChI=1S/C13H14ClN3O2.C2H6/c1-8-4-5-10(9(14)6-8)15-11-7-12(18)17(3)13(19)16(11)2;1-2/h4-7,15H,1-3H3;1-2H3. The van der Waals surface area contributed by atoms with E-state index in [-0.39, 0.29) is 5.56 Å². The van der Waals surface area contributed by atoms with Crippen LogP contribution >= 0.6 is 11.6 Å². The van der Waals surface area contributed by atoms with Crippen LogP contribution in [0.25, 0.3) is 0 Å². The number of aromatic nitrogens is 2. The highest BCUT2D eigenvalue weighted by Crippen LogP contribution is 2.25. The van der Waals surface area contributed by atoms with Crippen molar-refractivity contribution in [1.82, 2.24) is 9.13 Å². The van der Waals surface area contributed by atoms with Crippen LogP contribution in [0.15, 0.2) is 33.9 Å². The zero-order valence-corrected chi connectivity index (χ0v) is 13.7. The molecule has 0 aliphatic heterocycles. The third-order valence-electron chi connectivity index (χ3n) is 2.91. The fraction of sp³-hybridized carbons (Fsp3) is 0.333. The number of halogens is 1. The molecule has 5 nitrogen and oxygen atoms in total. The predicted molar refractivity (Wildman–Crippen MR) is 87.7 cm³/mol. The van der Waals surface area contributed by atoms with E-state index in [1.165, 1.54) is 17.7 Å². The smallest absolute Gasteiger partial charge is 0.332 e. The average Bonchev–Trinajstić information content (AvgIpc) is 2.47. The highest BCUT2D eigenvalue weighted by Gasteiger charge is 2.07. The summed E-state index contributed by atoms with van der Waals surface area (Å²) in [6.45, 7) is 5.93. The van der Waals surface area contributed by atoms with Crippen LogP contribution in [-0.2, 0) is 14.1 Å². The number of aryl methyl sites for hydroxylation is 1. The van der Waals surface area contributed by atoms with Gasteiger partial charge in [0.25, 0.3) is 5.56 Å². The van der Waals surface area contributed by atoms with Gasteiger partial charge in [0.1, 0.15) is 5.82 Å². The molecule has 0 spiro atoms. The number of hydrogen-bond donors (Lipinski definition) is 1. The summed E-state index contributed by atoms with van der Waals surface area (Å²) >= 11 is 6.11. The molecule has 1 N–H and O–H groups in total. The Morgan fingerprint density at radius 2 is 1.67 bits per heavy atom. The van der Waals surface area contributed by atoms with E-state index in [1.807, 2.05) is 32.9 Å². The summed E-state index contributed by atoms with van der Waals surface area (Å²) in [6, 6.07) is 6.87. The summed E-state index contributed by atoms with van der Waals surface area (Å²) in [6.07, 6.45) is 0. The molecule has 1 aromatic carbocycles. The number of benzene rings is 1. The molecule has 1 heterocycles. The first-order valence-electron chi connectivity index (χ1n) is 6.70. The van der Waals surface area contributed by atoms with E-state index in [0.29, 0.717) is 16.5 Å². The maximum atomic E-state index is 11.8. The molecule has 0 bridgehead atoms. The summed E-state index contributed by atoms with van der Waals surface area (Å²) in [5.74, 6) is 0.402. The fourth-order valence-electron chi connectivity index (χ4n) is 1.71. The number of nitrogens with zero attached hydrogens (tertiary/aromatic N) is 2. The van der Waals surface area contributed by atoms with Gasteiger partial charge in [0, 0.05) is 20.2 Å². The third kappa shape index (κ3) is 3.76. The first kappa shape index (κ1) is 17.0. The van der Waals surface area contributed by atoms with Crippen LogP contribution in [0, 0.1) is 6.92 Å². The number of nitrogens with one attached hydrogen (secondary N) is 1. The maximum Gasteiger partial charge on any atom is 0.332 e. The molecule has 0 aliphatic rings. The van der Waals surface area contributed by atoms with E-state index in [9.17, 15) is 9.59 Å². The van der Waals surface area contributed by atoms with Crippen molar-refractivity contribution >= 4 is 23.1 Å². The Labute approximate surface area is 128 Å². The van der Waals surface area contributed by atoms with Gasteiger partial charge in [-0.15, -0.1) is 0 Å². The molecule has 0 aliphatic carbocycles. The quantitative estimate of drug-likeness (QED) is 0.928. The highest BCUT2D eigenvalue weighted by atomic mass is 35.5. The van der Waals surface area contributed by atoms with Crippen molar-refractivity contribution in [3.05, 3.63) is 55.7 Å². The molecular weight excluding hydrogens is 290 g/mol. The molecular formula is C15H20ClN3O2. The van der Waals surface area contributed by atoms with Crippen molar-refractivity contribution in [2.24, 2.45) is 14.1 Å². The molecule has 0 fully saturated rings. The summed E-state index contributed by atoms with van der Waals surface area (Å²) in [4.78, 5) is 23.4. The Balaban J connectivity index is 0.00000106. The van der Waals surface area contributed by atoms with E-state index in [2.05, 4.69) is 5.32 Å². The zero-order valence-electron chi connectivity index (χ0n) is 12.9. The summed E-state index contributed by atoms with van der Waals surface area (Å²) < 4.78 is 2.40. The van der Waals surface area contributed by atoms with Crippen molar-refractivity contribution < 1.29 is 0 Å². The van der Waals surface area contributed by atoms with Gasteiger partial charge in [0.15, 0.2) is 0 Å². The summed E-state index contributed by atoms with van der Waals surface area (Å²) in [5, 5.41) is 3.53. The lowest BCUT2D eigenvalue weighted by Gasteiger charge is -2.13. The molecule has 0 saturated heterocycles. The number of rotatable bonds is 2. The third-order valence-corrected chi connectivity index (χ3v) is 3.23. The van der Waals surface area contributed by atoms with Crippen molar-refractivity contribution in [2.45, 2.75) is 20.8 Å². The van der Waals surface area contributed by atoms with Crippen molar-refractivity contribution in [1.29, 1.82) is 0 Å². The minimum atomic E-state index is -0.391. The van der Waals surface area contributed by atoms with Crippen molar-refractivity contribution in [3.8, 4) is 0 Å². The molecule has 6 heteroatoms. The van der Waals surface area contributed by atoms with Gasteiger partial charge in [-0.3, -0.25) is 13.9 Å². The van der Waals surface area contributed by atoms with Gasteiger partial charge >= 0.3 is 5.69 Å². The summed E-state index contributed by atoms with van der Waals surface area (Å²) in [5.41, 5.74) is 0.927. The van der Waals surface area contributed by atoms with Crippen LogP contribution in [0.1, 0.15) is 19.4 Å². The Bertz CT molecular complexity index is 748. The zero-order chi connectivity index (χ0) is 16.2. The van der Waals surface area contributed by atoms with Gasteiger partial charge < -0.3 is 5.32 Å². The van der Waals surface area contributed by atoms with Crippen LogP contribution < -0.4 is 16.6 Å². The van der Waals surface area contributed by atoms with E-state index in [1.54, 1.807) is 13.1 Å². The molecule has 1 aromatic heterocycles. The SMILES string of the molecule is CC.Cc1ccc(Nc2cc(=O)n(C)c(=O)n2C)c(Cl)c1. The van der Waals surface area contributed by atoms with Crippen LogP contribution in [0.5, 0.6) is 0 Å². The normalized spacial score (nSPS) is 9.81. The van der Waals surface area contributed by atoms with Gasteiger partial charge in [0.05, 0.1) is 10.7 Å². The van der Waals surface area contributed by atoms with Gasteiger partial charge in [0.2, 0.25) is 0 Å². The van der Waals surface area contributed by atoms with E-state index in [4.69, 9.17) is 11.6 Å². The molecule has 0 unspecified atom stereocenters. The molecule has 0 atom stereocenters. The van der Waals surface area contributed by atoms with E-state index < -0.39 is 5.69 Å². The highest BCUT2D eigenvalue weighted by molar-refractivity contribution is 6.33. The second-order valence-corrected chi connectivity index (χ2v) is 4.78. The second kappa shape index (κ2) is 7.13. The minimum Gasteiger partial charge on any atom is -0.340 e. The van der Waals surface area contributed by atoms with Gasteiger partial charge in [-0.2, -0.15) is 0 Å². The molecule has 2 aromatic rings. The van der Waals surface area contributed by atoms with Gasteiger partial charge in [-0.25, -0.2) is 4.79 Å². The Hall–Kier alpha value is -2.01. The van der Waals surface area contributed by atoms with Gasteiger partial charge in [-0.1, -0.05) is 31.5 Å². The monoisotopic (exact) mass is 309 g/mol. The van der Waals surface area contributed by atoms with Gasteiger partial charge in [-0.05, 0) is 24.6 Å². The predicted octanol–water partition coefficient (Wildman–Crippen LogP) is 2.82. The Morgan fingerprint density at radius 3 is 2.24 bits per heavy atom. The largest absolute Gasteiger partial charge is 0.340 e. The molecule has 0 radical (unpaired) electrons. The van der Waals surface area contributed by atoms with Crippen molar-refractivity contribution in [2.75, 3.05) is 5.32 Å². The average molecular weight is 310 g/mol. The lowest BCUT2D eigenvalue weighted by atomic mass is 10.2. The first-order valence-corrected chi connectivity index (χ1v) is 7.08. The first-order chi connectivity index (χ1) is 9.90. The number of anilines is 2. The Morgan fingerprint density at radius 1 is 1.05 bits per heavy atom. The summed E-state index contributed by atoms with van der Waals surface area (Å²) in [7, 11) is 3.03. The molecule has 21 heavy (non-hydrogen) atoms. The lowest BCUT2D eigenvalue weighted by molar-refractivity contribution is 0.693. The van der Waals surface area contributed by atoms with Crippen LogP contribution in [0.3, 0.4) is 0 Å². The molecule has 0 saturated carbocycles. The Kier molecular flexibility index (Phi) is 5.79. The van der Waals surface area contributed by atoms with Crippen LogP contribution in [0.4, 0.5) is 11.5 Å². The van der Waals surface area contributed by atoms with Crippen LogP contribution in [-0.4, -0.2) is 9.13 Å². The molecule has 2 rings (SSSR count). The second-order valence-electron chi connectivity index (χ2n) is 4.38. The molecule has 114 valence electrons. The number of hydrogen-bond acceptors (Lipinski definition) is 3. The molecule has 0 amide bonds. The van der Waals surface area contributed by atoms with E-state index >= 15 is 0 Å². The minimum absolute atomic E-state index is 0.367. The van der Waals surface area contributed by atoms with Crippen molar-refractivity contribution in [3.63, 3.8) is 0 Å². The van der Waals surface area contributed by atoms with E-state index in [0.717, 1.165) is 10.1 Å².